The van der Waals surface area contributed by atoms with E-state index in [2.05, 4.69) is 22.0 Å². The van der Waals surface area contributed by atoms with Crippen LogP contribution in [-0.2, 0) is 16.0 Å². The molecule has 5 nitrogen and oxygen atoms in total. The second-order valence-corrected chi connectivity index (χ2v) is 8.01. The Balaban J connectivity index is 1.79. The lowest BCUT2D eigenvalue weighted by molar-refractivity contribution is -0.143. The number of hydrogen-bond donors (Lipinski definition) is 2. The summed E-state index contributed by atoms with van der Waals surface area (Å²) in [7, 11) is 1.47. The van der Waals surface area contributed by atoms with E-state index in [-0.39, 0.29) is 17.8 Å². The van der Waals surface area contributed by atoms with Crippen LogP contribution in [0.1, 0.15) is 43.4 Å². The van der Waals surface area contributed by atoms with Gasteiger partial charge in [-0.3, -0.25) is 9.69 Å². The van der Waals surface area contributed by atoms with Crippen LogP contribution in [0.25, 0.3) is 10.9 Å². The molecule has 2 aliphatic heterocycles. The van der Waals surface area contributed by atoms with Crippen molar-refractivity contribution in [1.29, 1.82) is 0 Å². The first-order chi connectivity index (χ1) is 12.5. The van der Waals surface area contributed by atoms with Crippen molar-refractivity contribution in [3.05, 3.63) is 35.5 Å². The van der Waals surface area contributed by atoms with E-state index in [4.69, 9.17) is 4.74 Å². The van der Waals surface area contributed by atoms with Crippen LogP contribution in [0, 0.1) is 5.92 Å². The third-order valence-corrected chi connectivity index (χ3v) is 6.29. The molecule has 2 N–H and O–H groups in total. The van der Waals surface area contributed by atoms with Gasteiger partial charge in [0.05, 0.1) is 18.6 Å². The molecule has 3 heterocycles. The molecule has 1 unspecified atom stereocenters. The average molecular weight is 356 g/mol. The van der Waals surface area contributed by atoms with Crippen molar-refractivity contribution >= 4 is 16.9 Å². The minimum absolute atomic E-state index is 0.183. The number of H-pyrrole nitrogens is 1. The van der Waals surface area contributed by atoms with Crippen LogP contribution in [0.4, 0.5) is 0 Å². The number of carbonyl (C=O) groups is 1. The predicted octanol–water partition coefficient (Wildman–Crippen LogP) is 2.83. The molecule has 0 spiro atoms. The number of carbonyl (C=O) groups excluding carboxylic acids is 1. The Bertz CT molecular complexity index is 815. The number of nitrogens with one attached hydrogen (secondary N) is 1. The highest BCUT2D eigenvalue weighted by molar-refractivity contribution is 5.88. The van der Waals surface area contributed by atoms with Crippen molar-refractivity contribution < 1.29 is 14.6 Å². The minimum Gasteiger partial charge on any atom is -0.469 e. The summed E-state index contributed by atoms with van der Waals surface area (Å²) in [5.74, 6) is -0.196. The maximum Gasteiger partial charge on any atom is 0.314 e. The number of ether oxygens (including phenoxy) is 1. The Hall–Kier alpha value is -1.85. The normalized spacial score (nSPS) is 31.6. The molecule has 1 aromatic heterocycles. The molecule has 0 saturated carbocycles. The van der Waals surface area contributed by atoms with Gasteiger partial charge in [-0.05, 0) is 43.2 Å². The fourth-order valence-corrected chi connectivity index (χ4v) is 4.96. The van der Waals surface area contributed by atoms with Gasteiger partial charge in [-0.25, -0.2) is 0 Å². The van der Waals surface area contributed by atoms with Crippen molar-refractivity contribution in [3.8, 4) is 0 Å². The van der Waals surface area contributed by atoms with Crippen LogP contribution in [0.2, 0.25) is 0 Å². The number of esters is 1. The molecule has 0 aliphatic carbocycles. The molecule has 5 heteroatoms. The van der Waals surface area contributed by atoms with Crippen LogP contribution in [0.15, 0.2) is 24.3 Å². The van der Waals surface area contributed by atoms with Gasteiger partial charge in [0.1, 0.15) is 0 Å². The Morgan fingerprint density at radius 2 is 2.23 bits per heavy atom. The van der Waals surface area contributed by atoms with Crippen LogP contribution in [0.5, 0.6) is 0 Å². The predicted molar refractivity (Wildman–Crippen MR) is 101 cm³/mol. The van der Waals surface area contributed by atoms with E-state index in [0.29, 0.717) is 6.42 Å². The molecule has 4 rings (SSSR count). The second kappa shape index (κ2) is 6.71. The van der Waals surface area contributed by atoms with Gasteiger partial charge in [-0.15, -0.1) is 0 Å². The first kappa shape index (κ1) is 17.6. The number of benzene rings is 1. The number of aromatic amines is 1. The van der Waals surface area contributed by atoms with Gasteiger partial charge in [-0.2, -0.15) is 0 Å². The van der Waals surface area contributed by atoms with E-state index < -0.39 is 5.60 Å². The van der Waals surface area contributed by atoms with E-state index in [1.807, 2.05) is 19.1 Å². The van der Waals surface area contributed by atoms with Crippen LogP contribution < -0.4 is 0 Å². The highest BCUT2D eigenvalue weighted by Crippen LogP contribution is 2.39. The van der Waals surface area contributed by atoms with Crippen LogP contribution in [0.3, 0.4) is 0 Å². The summed E-state index contributed by atoms with van der Waals surface area (Å²) in [6.07, 6.45) is 3.09. The van der Waals surface area contributed by atoms with Crippen molar-refractivity contribution in [2.24, 2.45) is 5.92 Å². The van der Waals surface area contributed by atoms with Gasteiger partial charge >= 0.3 is 5.97 Å². The molecule has 2 aromatic rings. The first-order valence-electron chi connectivity index (χ1n) is 9.65. The average Bonchev–Trinajstić information content (AvgIpc) is 3.02. The van der Waals surface area contributed by atoms with Crippen molar-refractivity contribution in [3.63, 3.8) is 0 Å². The molecule has 26 heavy (non-hydrogen) atoms. The van der Waals surface area contributed by atoms with Gasteiger partial charge in [0.15, 0.2) is 0 Å². The van der Waals surface area contributed by atoms with Crippen LogP contribution >= 0.6 is 0 Å². The molecule has 0 radical (unpaired) electrons. The van der Waals surface area contributed by atoms with Gasteiger partial charge < -0.3 is 14.8 Å². The molecule has 140 valence electrons. The molecule has 1 aromatic carbocycles. The first-order valence-corrected chi connectivity index (χ1v) is 9.65. The lowest BCUT2D eigenvalue weighted by Crippen LogP contribution is -2.51. The lowest BCUT2D eigenvalue weighted by Gasteiger charge is -2.43. The second-order valence-electron chi connectivity index (χ2n) is 8.01. The molecule has 2 bridgehead atoms. The van der Waals surface area contributed by atoms with Crippen molar-refractivity contribution in [2.45, 2.75) is 44.1 Å². The van der Waals surface area contributed by atoms with Gasteiger partial charge in [0, 0.05) is 36.2 Å². The van der Waals surface area contributed by atoms with Crippen LogP contribution in [-0.4, -0.2) is 53.3 Å². The van der Waals surface area contributed by atoms with Gasteiger partial charge in [0.2, 0.25) is 0 Å². The number of nitrogens with zero attached hydrogens (tertiary/aromatic N) is 1. The smallest absolute Gasteiger partial charge is 0.314 e. The lowest BCUT2D eigenvalue weighted by atomic mass is 9.79. The topological polar surface area (TPSA) is 65.6 Å². The number of piperidine rings is 1. The summed E-state index contributed by atoms with van der Waals surface area (Å²) in [4.78, 5) is 18.5. The van der Waals surface area contributed by atoms with Crippen molar-refractivity contribution in [2.75, 3.05) is 26.7 Å². The molecule has 2 aliphatic rings. The summed E-state index contributed by atoms with van der Waals surface area (Å²) in [6.45, 7) is 4.62. The standard InChI is InChI=1S/C21H28N2O3/c1-3-21(25)11-14-10-17(20(24)26-2)19-16(8-9-23(12-14)13-21)15-6-4-5-7-18(15)22-19/h4-7,14,17,22,25H,3,8-13H2,1-2H3/t14-,17-,21+/m1/s1. The molecule has 1 fully saturated rings. The number of aliphatic hydroxyl groups is 1. The third kappa shape index (κ3) is 3.03. The molecule has 1 saturated heterocycles. The van der Waals surface area contributed by atoms with E-state index in [1.165, 1.54) is 18.1 Å². The Morgan fingerprint density at radius 3 is 3.00 bits per heavy atom. The Kier molecular flexibility index (Phi) is 4.53. The number of rotatable bonds is 2. The fraction of sp³-hybridized carbons (Fsp3) is 0.571. The summed E-state index contributed by atoms with van der Waals surface area (Å²) < 4.78 is 5.16. The zero-order chi connectivity index (χ0) is 18.3. The fourth-order valence-electron chi connectivity index (χ4n) is 4.96. The van der Waals surface area contributed by atoms with E-state index in [0.717, 1.165) is 50.1 Å². The summed E-state index contributed by atoms with van der Waals surface area (Å²) >= 11 is 0. The molecule has 0 amide bonds. The maximum absolute atomic E-state index is 12.7. The van der Waals surface area contributed by atoms with E-state index >= 15 is 0 Å². The summed E-state index contributed by atoms with van der Waals surface area (Å²) in [5, 5.41) is 12.1. The highest BCUT2D eigenvalue weighted by atomic mass is 16.5. The number of para-hydroxylation sites is 1. The minimum atomic E-state index is -0.649. The van der Waals surface area contributed by atoms with Crippen molar-refractivity contribution in [1.82, 2.24) is 9.88 Å². The zero-order valence-electron chi connectivity index (χ0n) is 15.6. The summed E-state index contributed by atoms with van der Waals surface area (Å²) in [6, 6.07) is 8.26. The monoisotopic (exact) mass is 356 g/mol. The van der Waals surface area contributed by atoms with Gasteiger partial charge in [-0.1, -0.05) is 25.1 Å². The number of fused-ring (bicyclic) bond motifs is 5. The molecule has 4 atom stereocenters. The van der Waals surface area contributed by atoms with E-state index in [1.54, 1.807) is 0 Å². The quantitative estimate of drug-likeness (QED) is 0.812. The maximum atomic E-state index is 12.7. The van der Waals surface area contributed by atoms with E-state index in [9.17, 15) is 9.90 Å². The molecular formula is C21H28N2O3. The number of aromatic nitrogens is 1. The largest absolute Gasteiger partial charge is 0.469 e. The molecular weight excluding hydrogens is 328 g/mol. The Morgan fingerprint density at radius 1 is 1.42 bits per heavy atom. The van der Waals surface area contributed by atoms with Gasteiger partial charge in [0.25, 0.3) is 0 Å². The third-order valence-electron chi connectivity index (χ3n) is 6.29. The number of methoxy groups -OCH3 is 1. The number of hydrogen-bond acceptors (Lipinski definition) is 4. The SMILES string of the molecule is CC[C@]1(O)C[C@H]2C[C@@H](C(=O)OC)c3[nH]c4ccccc4c3CCN(C2)C1. The zero-order valence-corrected chi connectivity index (χ0v) is 15.6. The highest BCUT2D eigenvalue weighted by Gasteiger charge is 2.40. The summed E-state index contributed by atoms with van der Waals surface area (Å²) in [5.41, 5.74) is 2.66. The Labute approximate surface area is 154 Å².